The van der Waals surface area contributed by atoms with Crippen LogP contribution in [-0.2, 0) is 43.4 Å². The molecule has 1 heterocycles. The largest absolute Gasteiger partial charge is 0.462 e. The van der Waals surface area contributed by atoms with Crippen LogP contribution in [0.1, 0.15) is 130 Å². The van der Waals surface area contributed by atoms with Crippen molar-refractivity contribution in [1.29, 1.82) is 0 Å². The molecule has 1 aliphatic rings. The van der Waals surface area contributed by atoms with Crippen LogP contribution in [-0.4, -0.2) is 89.2 Å². The number of esters is 3. The second kappa shape index (κ2) is 19.7. The quantitative estimate of drug-likeness (QED) is 0.0791. The highest BCUT2D eigenvalue weighted by atomic mass is 32.2. The Morgan fingerprint density at radius 1 is 0.833 bits per heavy atom. The first-order valence-electron chi connectivity index (χ1n) is 16.8. The number of carbonyl (C=O) groups is 3. The first-order valence-corrected chi connectivity index (χ1v) is 18.3. The van der Waals surface area contributed by atoms with Crippen LogP contribution >= 0.6 is 0 Å². The molecule has 54 heavy (non-hydrogen) atoms. The van der Waals surface area contributed by atoms with Crippen LogP contribution in [0.5, 0.6) is 0 Å². The number of hydrogen-bond acceptors (Lipinski definition) is 10. The lowest BCUT2D eigenvalue weighted by atomic mass is 9.89. The van der Waals surface area contributed by atoms with Gasteiger partial charge in [0.15, 0.2) is 5.60 Å². The zero-order chi connectivity index (χ0) is 43.0. The summed E-state index contributed by atoms with van der Waals surface area (Å²) in [6.45, 7) is 17.0. The summed E-state index contributed by atoms with van der Waals surface area (Å²) >= 11 is 0. The van der Waals surface area contributed by atoms with E-state index in [1.54, 1.807) is 34.6 Å². The molecule has 2 N–H and O–H groups in total. The van der Waals surface area contributed by atoms with E-state index in [1.165, 1.54) is 41.5 Å². The summed E-state index contributed by atoms with van der Waals surface area (Å²) in [5, 5.41) is 8.66. The van der Waals surface area contributed by atoms with Crippen LogP contribution in [0.3, 0.4) is 0 Å². The van der Waals surface area contributed by atoms with Gasteiger partial charge in [0.2, 0.25) is 5.60 Å². The number of aliphatic hydroxyl groups is 1. The molecule has 0 aromatic carbocycles. The van der Waals surface area contributed by atoms with E-state index in [0.717, 1.165) is 0 Å². The Morgan fingerprint density at radius 3 is 1.57 bits per heavy atom. The Hall–Kier alpha value is -2.32. The molecule has 1 saturated heterocycles. The van der Waals surface area contributed by atoms with Gasteiger partial charge in [0.25, 0.3) is 10.1 Å². The number of rotatable bonds is 13. The Labute approximate surface area is 313 Å². The molecule has 0 aromatic rings. The molecule has 0 amide bonds. The van der Waals surface area contributed by atoms with Gasteiger partial charge in [-0.15, -0.1) is 0 Å². The van der Waals surface area contributed by atoms with Gasteiger partial charge in [-0.3, -0.25) is 18.9 Å². The molecule has 1 rings (SSSR count). The number of carbonyl (C=O) groups excluding carboxylic acids is 3. The summed E-state index contributed by atoms with van der Waals surface area (Å²) < 4.78 is 155. The molecule has 1 aliphatic heterocycles. The van der Waals surface area contributed by atoms with Crippen LogP contribution in [0.15, 0.2) is 0 Å². The van der Waals surface area contributed by atoms with E-state index >= 15 is 0 Å². The van der Waals surface area contributed by atoms with E-state index in [0.29, 0.717) is 26.7 Å². The zero-order valence-electron chi connectivity index (χ0n) is 32.5. The molecular weight excluding hydrogens is 768 g/mol. The van der Waals surface area contributed by atoms with Crippen molar-refractivity contribution in [3.8, 4) is 0 Å². The van der Waals surface area contributed by atoms with Crippen molar-refractivity contribution < 1.29 is 86.5 Å². The van der Waals surface area contributed by atoms with Crippen LogP contribution < -0.4 is 0 Å². The van der Waals surface area contributed by atoms with Gasteiger partial charge in [0.1, 0.15) is 6.10 Å². The molecule has 0 bridgehead atoms. The van der Waals surface area contributed by atoms with Crippen molar-refractivity contribution >= 4 is 28.0 Å². The topological polar surface area (TPSA) is 163 Å². The second-order valence-electron chi connectivity index (χ2n) is 15.1. The number of alkyl halides is 8. The van der Waals surface area contributed by atoms with Gasteiger partial charge in [-0.2, -0.15) is 43.5 Å². The third kappa shape index (κ3) is 14.6. The van der Waals surface area contributed by atoms with Gasteiger partial charge in [0.05, 0.1) is 22.7 Å². The van der Waals surface area contributed by atoms with Crippen molar-refractivity contribution in [3.63, 3.8) is 0 Å². The Kier molecular flexibility index (Phi) is 20.4. The highest BCUT2D eigenvalue weighted by Crippen LogP contribution is 2.57. The predicted molar refractivity (Wildman–Crippen MR) is 183 cm³/mol. The first kappa shape index (κ1) is 56.0. The van der Waals surface area contributed by atoms with Crippen molar-refractivity contribution in [2.75, 3.05) is 6.61 Å². The third-order valence-corrected chi connectivity index (χ3v) is 10.1. The van der Waals surface area contributed by atoms with Gasteiger partial charge in [-0.1, -0.05) is 42.0 Å². The average molecular weight is 829 g/mol. The molecular formula is C34H60F8O11S. The summed E-state index contributed by atoms with van der Waals surface area (Å²) in [6, 6.07) is 0. The van der Waals surface area contributed by atoms with E-state index in [-0.39, 0.29) is 13.8 Å². The Morgan fingerprint density at radius 2 is 1.26 bits per heavy atom. The molecule has 20 heteroatoms. The van der Waals surface area contributed by atoms with Gasteiger partial charge in [0, 0.05) is 12.8 Å². The Bertz CT molecular complexity index is 1330. The van der Waals surface area contributed by atoms with Crippen LogP contribution in [0.25, 0.3) is 0 Å². The summed E-state index contributed by atoms with van der Waals surface area (Å²) in [5.74, 6) is -13.0. The maximum absolute atomic E-state index is 15.0. The fourth-order valence-corrected chi connectivity index (χ4v) is 4.13. The molecule has 0 spiro atoms. The van der Waals surface area contributed by atoms with Gasteiger partial charge >= 0.3 is 42.0 Å². The molecule has 5 atom stereocenters. The monoisotopic (exact) mass is 828 g/mol. The summed E-state index contributed by atoms with van der Waals surface area (Å²) in [7, 11) is -3.75. The van der Waals surface area contributed by atoms with Crippen LogP contribution in [0.2, 0.25) is 0 Å². The van der Waals surface area contributed by atoms with Crippen molar-refractivity contribution in [2.45, 2.75) is 176 Å². The molecule has 11 nitrogen and oxygen atoms in total. The highest BCUT2D eigenvalue weighted by molar-refractivity contribution is 7.86. The van der Waals surface area contributed by atoms with E-state index in [9.17, 15) is 63.0 Å². The van der Waals surface area contributed by atoms with E-state index in [1.807, 2.05) is 0 Å². The summed E-state index contributed by atoms with van der Waals surface area (Å²) in [6.07, 6.45) is -11.5. The van der Waals surface area contributed by atoms with Crippen molar-refractivity contribution in [1.82, 2.24) is 0 Å². The lowest BCUT2D eigenvalue weighted by Crippen LogP contribution is -2.65. The van der Waals surface area contributed by atoms with Crippen molar-refractivity contribution in [3.05, 3.63) is 0 Å². The zero-order valence-corrected chi connectivity index (χ0v) is 33.3. The normalized spacial score (nSPS) is 22.5. The third-order valence-electron chi connectivity index (χ3n) is 8.71. The standard InChI is InChI=1S/C17H25F5O5.C12H21F3O3.C4H10O3S.CH4/c1-7-13(4,5)12(24)27-14(6)9-25-16(15(14,18)19,17(20,21)22)26-11(23)8-10(2)3;1-6-10(3,4)9(16)18-8(2)7-11(5,17)12(13,14)15;1-3-4(2)8(5,6)7;/h10H,7-9H2,1-6H3;8,17H,6-7H2,1-5H3;4H,3H2,1-2H3,(H,5,6,7);1H4. The molecule has 0 saturated carbocycles. The lowest BCUT2D eigenvalue weighted by Gasteiger charge is -2.39. The number of ether oxygens (including phenoxy) is 4. The second-order valence-corrected chi connectivity index (χ2v) is 16.9. The fraction of sp³-hybridized carbons (Fsp3) is 0.912. The molecule has 0 aliphatic carbocycles. The molecule has 1 fully saturated rings. The summed E-state index contributed by atoms with van der Waals surface area (Å²) in [4.78, 5) is 35.6. The summed E-state index contributed by atoms with van der Waals surface area (Å²) in [5.41, 5.74) is -7.76. The number of hydrogen-bond donors (Lipinski definition) is 2. The van der Waals surface area contributed by atoms with Gasteiger partial charge in [-0.25, -0.2) is 0 Å². The smallest absolute Gasteiger partial charge is 0.462 e. The van der Waals surface area contributed by atoms with E-state index in [2.05, 4.69) is 9.47 Å². The van der Waals surface area contributed by atoms with Gasteiger partial charge in [-0.05, 0) is 80.6 Å². The highest BCUT2D eigenvalue weighted by Gasteiger charge is 2.85. The molecule has 0 aromatic heterocycles. The van der Waals surface area contributed by atoms with E-state index in [4.69, 9.17) is 14.0 Å². The lowest BCUT2D eigenvalue weighted by molar-refractivity contribution is -0.409. The maximum atomic E-state index is 15.0. The fourth-order valence-electron chi connectivity index (χ4n) is 3.71. The minimum absolute atomic E-state index is 0. The molecule has 0 radical (unpaired) electrons. The average Bonchev–Trinajstić information content (AvgIpc) is 3.16. The van der Waals surface area contributed by atoms with E-state index < -0.39 is 111 Å². The maximum Gasteiger partial charge on any atom is 0.462 e. The molecule has 324 valence electrons. The SMILES string of the molecule is C.CCC(C)(C)C(=O)OC(C)CC(C)(O)C(F)(F)F.CCC(C)(C)C(=O)OC1(C)COC(OC(=O)CC(C)C)(C(F)(F)F)C1(F)F.CCC(C)S(=O)(=O)O. The molecule has 5 unspecified atom stereocenters. The van der Waals surface area contributed by atoms with Crippen LogP contribution in [0.4, 0.5) is 35.1 Å². The van der Waals surface area contributed by atoms with Gasteiger partial charge < -0.3 is 24.1 Å². The van der Waals surface area contributed by atoms with Crippen LogP contribution in [0, 0.1) is 16.7 Å². The van der Waals surface area contributed by atoms with Crippen molar-refractivity contribution in [2.24, 2.45) is 16.7 Å². The minimum atomic E-state index is -5.76. The number of halogens is 8. The predicted octanol–water partition coefficient (Wildman–Crippen LogP) is 8.60. The minimum Gasteiger partial charge on any atom is -0.462 e. The first-order chi connectivity index (χ1) is 23.3. The Balaban J connectivity index is -0.000000828.